The third-order valence-corrected chi connectivity index (χ3v) is 4.70. The lowest BCUT2D eigenvalue weighted by Gasteiger charge is -1.98. The van der Waals surface area contributed by atoms with Gasteiger partial charge in [0.25, 0.3) is 0 Å². The predicted molar refractivity (Wildman–Crippen MR) is 71.1 cm³/mol. The van der Waals surface area contributed by atoms with Crippen molar-refractivity contribution in [3.8, 4) is 10.4 Å². The van der Waals surface area contributed by atoms with E-state index in [1.807, 2.05) is 23.5 Å². The van der Waals surface area contributed by atoms with E-state index in [0.29, 0.717) is 0 Å². The molecule has 0 spiro atoms. The van der Waals surface area contributed by atoms with Crippen molar-refractivity contribution in [2.24, 2.45) is 0 Å². The Labute approximate surface area is 102 Å². The van der Waals surface area contributed by atoms with Crippen LogP contribution in [0.1, 0.15) is 5.56 Å². The predicted octanol–water partition coefficient (Wildman–Crippen LogP) is 4.12. The highest BCUT2D eigenvalue weighted by molar-refractivity contribution is 7.28. The molecule has 0 saturated heterocycles. The SMILES string of the molecule is OCc1ccc(-c2cc3sccc3s2)cc1. The van der Waals surface area contributed by atoms with E-state index in [-0.39, 0.29) is 6.61 Å². The van der Waals surface area contributed by atoms with Gasteiger partial charge in [-0.05, 0) is 28.6 Å². The van der Waals surface area contributed by atoms with Crippen LogP contribution >= 0.6 is 22.7 Å². The summed E-state index contributed by atoms with van der Waals surface area (Å²) in [5.74, 6) is 0. The molecular formula is C13H10OS2. The summed E-state index contributed by atoms with van der Waals surface area (Å²) in [7, 11) is 0. The van der Waals surface area contributed by atoms with E-state index in [0.717, 1.165) is 5.56 Å². The lowest BCUT2D eigenvalue weighted by Crippen LogP contribution is -1.81. The molecule has 0 atom stereocenters. The molecule has 0 aliphatic heterocycles. The van der Waals surface area contributed by atoms with E-state index in [1.165, 1.54) is 19.8 Å². The highest BCUT2D eigenvalue weighted by Crippen LogP contribution is 2.36. The van der Waals surface area contributed by atoms with Crippen LogP contribution in [0.15, 0.2) is 41.8 Å². The summed E-state index contributed by atoms with van der Waals surface area (Å²) in [5, 5.41) is 11.1. The Kier molecular flexibility index (Phi) is 2.52. The maximum absolute atomic E-state index is 8.98. The van der Waals surface area contributed by atoms with Crippen LogP contribution in [0.4, 0.5) is 0 Å². The minimum absolute atomic E-state index is 0.111. The molecule has 1 nitrogen and oxygen atoms in total. The lowest BCUT2D eigenvalue weighted by atomic mass is 10.1. The van der Waals surface area contributed by atoms with Gasteiger partial charge in [0.05, 0.1) is 6.61 Å². The fourth-order valence-electron chi connectivity index (χ4n) is 1.68. The molecule has 0 aliphatic carbocycles. The number of hydrogen-bond donors (Lipinski definition) is 1. The maximum Gasteiger partial charge on any atom is 0.0681 e. The van der Waals surface area contributed by atoms with Gasteiger partial charge in [0, 0.05) is 14.3 Å². The van der Waals surface area contributed by atoms with Crippen molar-refractivity contribution < 1.29 is 5.11 Å². The largest absolute Gasteiger partial charge is 0.392 e. The first-order valence-corrected chi connectivity index (χ1v) is 6.73. The zero-order valence-electron chi connectivity index (χ0n) is 8.51. The van der Waals surface area contributed by atoms with Crippen LogP contribution < -0.4 is 0 Å². The molecule has 0 radical (unpaired) electrons. The summed E-state index contributed by atoms with van der Waals surface area (Å²) in [6.45, 7) is 0.111. The Morgan fingerprint density at radius 2 is 1.81 bits per heavy atom. The van der Waals surface area contributed by atoms with Crippen LogP contribution in [0.2, 0.25) is 0 Å². The summed E-state index contributed by atoms with van der Waals surface area (Å²) in [6, 6.07) is 12.5. The fourth-order valence-corrected chi connectivity index (χ4v) is 3.80. The zero-order chi connectivity index (χ0) is 11.0. The Balaban J connectivity index is 2.05. The summed E-state index contributed by atoms with van der Waals surface area (Å²) in [4.78, 5) is 1.30. The van der Waals surface area contributed by atoms with Gasteiger partial charge in [-0.2, -0.15) is 0 Å². The molecular weight excluding hydrogens is 236 g/mol. The minimum Gasteiger partial charge on any atom is -0.392 e. The highest BCUT2D eigenvalue weighted by Gasteiger charge is 2.04. The van der Waals surface area contributed by atoms with Gasteiger partial charge in [0.2, 0.25) is 0 Å². The van der Waals surface area contributed by atoms with Gasteiger partial charge >= 0.3 is 0 Å². The smallest absolute Gasteiger partial charge is 0.0681 e. The van der Waals surface area contributed by atoms with Crippen molar-refractivity contribution >= 4 is 32.1 Å². The lowest BCUT2D eigenvalue weighted by molar-refractivity contribution is 0.282. The Hall–Kier alpha value is -1.16. The molecule has 0 amide bonds. The van der Waals surface area contributed by atoms with Crippen LogP contribution in [0.3, 0.4) is 0 Å². The topological polar surface area (TPSA) is 20.2 Å². The number of thiophene rings is 2. The summed E-state index contributed by atoms with van der Waals surface area (Å²) >= 11 is 3.60. The molecule has 1 aromatic carbocycles. The first kappa shape index (κ1) is 10.0. The van der Waals surface area contributed by atoms with Crippen molar-refractivity contribution in [2.75, 3.05) is 0 Å². The molecule has 0 bridgehead atoms. The first-order valence-electron chi connectivity index (χ1n) is 5.04. The molecule has 3 aromatic rings. The van der Waals surface area contributed by atoms with Crippen LogP contribution in [-0.4, -0.2) is 5.11 Å². The molecule has 80 valence electrons. The second-order valence-electron chi connectivity index (χ2n) is 3.61. The summed E-state index contributed by atoms with van der Waals surface area (Å²) in [5.41, 5.74) is 2.19. The monoisotopic (exact) mass is 246 g/mol. The number of fused-ring (bicyclic) bond motifs is 1. The van der Waals surface area contributed by atoms with Crippen LogP contribution in [0, 0.1) is 0 Å². The van der Waals surface area contributed by atoms with Gasteiger partial charge in [-0.25, -0.2) is 0 Å². The average Bonchev–Trinajstić information content (AvgIpc) is 2.89. The van der Waals surface area contributed by atoms with E-state index in [1.54, 1.807) is 11.3 Å². The van der Waals surface area contributed by atoms with Crippen LogP contribution in [-0.2, 0) is 6.61 Å². The average molecular weight is 246 g/mol. The second-order valence-corrected chi connectivity index (χ2v) is 5.65. The van der Waals surface area contributed by atoms with Crippen LogP contribution in [0.25, 0.3) is 19.8 Å². The van der Waals surface area contributed by atoms with E-state index in [9.17, 15) is 0 Å². The second kappa shape index (κ2) is 4.01. The highest BCUT2D eigenvalue weighted by atomic mass is 32.1. The van der Waals surface area contributed by atoms with Gasteiger partial charge in [0.15, 0.2) is 0 Å². The Morgan fingerprint density at radius 3 is 2.50 bits per heavy atom. The zero-order valence-corrected chi connectivity index (χ0v) is 10.1. The molecule has 16 heavy (non-hydrogen) atoms. The van der Waals surface area contributed by atoms with Crippen molar-refractivity contribution in [3.05, 3.63) is 47.3 Å². The molecule has 0 aliphatic rings. The van der Waals surface area contributed by atoms with E-state index in [4.69, 9.17) is 5.11 Å². The van der Waals surface area contributed by atoms with Crippen molar-refractivity contribution in [1.29, 1.82) is 0 Å². The third kappa shape index (κ3) is 1.67. The van der Waals surface area contributed by atoms with Crippen molar-refractivity contribution in [3.63, 3.8) is 0 Å². The fraction of sp³-hybridized carbons (Fsp3) is 0.0769. The summed E-state index contributed by atoms with van der Waals surface area (Å²) in [6.07, 6.45) is 0. The standard InChI is InChI=1S/C13H10OS2/c14-8-9-1-3-10(4-2-9)12-7-13-11(16-12)5-6-15-13/h1-7,14H,8H2. The van der Waals surface area contributed by atoms with Gasteiger partial charge in [-0.15, -0.1) is 22.7 Å². The molecule has 2 heterocycles. The molecule has 0 unspecified atom stereocenters. The third-order valence-electron chi connectivity index (χ3n) is 2.56. The van der Waals surface area contributed by atoms with Crippen LogP contribution in [0.5, 0.6) is 0 Å². The van der Waals surface area contributed by atoms with Crippen molar-refractivity contribution in [2.45, 2.75) is 6.61 Å². The number of rotatable bonds is 2. The molecule has 3 rings (SSSR count). The van der Waals surface area contributed by atoms with E-state index < -0.39 is 0 Å². The van der Waals surface area contributed by atoms with Gasteiger partial charge < -0.3 is 5.11 Å². The molecule has 0 saturated carbocycles. The Morgan fingerprint density at radius 1 is 1.00 bits per heavy atom. The Bertz CT molecular complexity index is 576. The van der Waals surface area contributed by atoms with Gasteiger partial charge in [-0.1, -0.05) is 24.3 Å². The molecule has 0 fully saturated rings. The first-order chi connectivity index (χ1) is 7.86. The molecule has 3 heteroatoms. The van der Waals surface area contributed by atoms with E-state index >= 15 is 0 Å². The minimum atomic E-state index is 0.111. The molecule has 1 N–H and O–H groups in total. The van der Waals surface area contributed by atoms with Crippen molar-refractivity contribution in [1.82, 2.24) is 0 Å². The quantitative estimate of drug-likeness (QED) is 0.721. The van der Waals surface area contributed by atoms with Gasteiger partial charge in [0.1, 0.15) is 0 Å². The maximum atomic E-state index is 8.98. The number of aliphatic hydroxyl groups is 1. The molecule has 2 aromatic heterocycles. The number of hydrogen-bond acceptors (Lipinski definition) is 3. The summed E-state index contributed by atoms with van der Waals surface area (Å²) < 4.78 is 2.71. The number of aliphatic hydroxyl groups excluding tert-OH is 1. The number of benzene rings is 1. The normalized spacial score (nSPS) is 11.1. The van der Waals surface area contributed by atoms with Gasteiger partial charge in [-0.3, -0.25) is 0 Å². The van der Waals surface area contributed by atoms with E-state index in [2.05, 4.69) is 29.6 Å².